The topological polar surface area (TPSA) is 153 Å². The van der Waals surface area contributed by atoms with Crippen molar-refractivity contribution < 1.29 is 22.9 Å². The van der Waals surface area contributed by atoms with Gasteiger partial charge in [0.2, 0.25) is 21.8 Å². The number of fused-ring (bicyclic) bond motifs is 1. The van der Waals surface area contributed by atoms with E-state index in [1.807, 2.05) is 0 Å². The van der Waals surface area contributed by atoms with Gasteiger partial charge in [-0.15, -0.1) is 0 Å². The van der Waals surface area contributed by atoms with Crippen LogP contribution in [0.15, 0.2) is 47.4 Å². The third-order valence-corrected chi connectivity index (χ3v) is 6.17. The molecule has 1 atom stereocenters. The van der Waals surface area contributed by atoms with Crippen molar-refractivity contribution in [2.45, 2.75) is 36.7 Å². The predicted octanol–water partition coefficient (Wildman–Crippen LogP) is 0.874. The van der Waals surface area contributed by atoms with Gasteiger partial charge in [0.1, 0.15) is 6.04 Å². The predicted molar refractivity (Wildman–Crippen MR) is 111 cm³/mol. The van der Waals surface area contributed by atoms with Crippen LogP contribution in [0, 0.1) is 10.1 Å². The number of nitrogens with two attached hydrogens (primary N) is 1. The van der Waals surface area contributed by atoms with Crippen LogP contribution in [0.5, 0.6) is 0 Å². The summed E-state index contributed by atoms with van der Waals surface area (Å²) >= 11 is 0. The fourth-order valence-corrected chi connectivity index (χ4v) is 4.20. The average molecular weight is 446 g/mol. The molecule has 0 unspecified atom stereocenters. The van der Waals surface area contributed by atoms with E-state index in [-0.39, 0.29) is 48.2 Å². The molecule has 0 fully saturated rings. The third kappa shape index (κ3) is 5.06. The van der Waals surface area contributed by atoms with E-state index in [4.69, 9.17) is 5.14 Å². The van der Waals surface area contributed by atoms with Gasteiger partial charge < -0.3 is 10.2 Å². The normalized spacial score (nSPS) is 15.8. The lowest BCUT2D eigenvalue weighted by Crippen LogP contribution is -2.52. The molecule has 164 valence electrons. The Bertz CT molecular complexity index is 1150. The van der Waals surface area contributed by atoms with E-state index in [0.717, 1.165) is 5.56 Å². The molecule has 0 bridgehead atoms. The Labute approximate surface area is 179 Å². The van der Waals surface area contributed by atoms with E-state index >= 15 is 0 Å². The Morgan fingerprint density at radius 1 is 1.23 bits per heavy atom. The summed E-state index contributed by atoms with van der Waals surface area (Å²) in [4.78, 5) is 37.3. The maximum atomic E-state index is 13.0. The third-order valence-electron chi connectivity index (χ3n) is 5.25. The molecule has 11 heteroatoms. The molecule has 2 aromatic rings. The molecule has 0 saturated heterocycles. The van der Waals surface area contributed by atoms with E-state index in [9.17, 15) is 28.1 Å². The number of primary sulfonamides is 1. The van der Waals surface area contributed by atoms with Gasteiger partial charge in [0.05, 0.1) is 9.82 Å². The van der Waals surface area contributed by atoms with Crippen molar-refractivity contribution in [3.05, 3.63) is 69.3 Å². The summed E-state index contributed by atoms with van der Waals surface area (Å²) in [5, 5.41) is 18.8. The Morgan fingerprint density at radius 3 is 2.61 bits per heavy atom. The molecule has 0 saturated carbocycles. The second-order valence-corrected chi connectivity index (χ2v) is 8.82. The number of non-ortho nitro benzene ring substituents is 1. The molecule has 2 amide bonds. The van der Waals surface area contributed by atoms with Crippen molar-refractivity contribution in [1.29, 1.82) is 0 Å². The van der Waals surface area contributed by atoms with Crippen LogP contribution in [-0.4, -0.2) is 43.1 Å². The first-order valence-electron chi connectivity index (χ1n) is 9.49. The summed E-state index contributed by atoms with van der Waals surface area (Å²) in [5.41, 5.74) is 1.94. The van der Waals surface area contributed by atoms with Crippen molar-refractivity contribution in [1.82, 2.24) is 10.2 Å². The lowest BCUT2D eigenvalue weighted by atomic mass is 9.92. The SMILES string of the molecule is CNC(=O)[C@H]1Cc2ccc([N+](=O)[O-])cc2CN1C(=O)CCc1cccc(S(N)(=O)=O)c1. The van der Waals surface area contributed by atoms with Gasteiger partial charge in [-0.05, 0) is 35.2 Å². The van der Waals surface area contributed by atoms with Crippen LogP contribution in [0.25, 0.3) is 0 Å². The molecule has 0 radical (unpaired) electrons. The zero-order chi connectivity index (χ0) is 22.8. The highest BCUT2D eigenvalue weighted by Gasteiger charge is 2.34. The highest BCUT2D eigenvalue weighted by molar-refractivity contribution is 7.89. The summed E-state index contributed by atoms with van der Waals surface area (Å²) in [7, 11) is -2.37. The molecule has 31 heavy (non-hydrogen) atoms. The average Bonchev–Trinajstić information content (AvgIpc) is 2.75. The van der Waals surface area contributed by atoms with Gasteiger partial charge in [0, 0.05) is 38.6 Å². The van der Waals surface area contributed by atoms with Crippen LogP contribution in [-0.2, 0) is 39.0 Å². The highest BCUT2D eigenvalue weighted by Crippen LogP contribution is 2.28. The van der Waals surface area contributed by atoms with Gasteiger partial charge in [0.15, 0.2) is 0 Å². The number of nitro benzene ring substituents is 1. The van der Waals surface area contributed by atoms with E-state index < -0.39 is 21.0 Å². The second-order valence-electron chi connectivity index (χ2n) is 7.26. The minimum absolute atomic E-state index is 0.0336. The Hall–Kier alpha value is -3.31. The van der Waals surface area contributed by atoms with Gasteiger partial charge in [-0.2, -0.15) is 0 Å². The number of carbonyl (C=O) groups excluding carboxylic acids is 2. The summed E-state index contributed by atoms with van der Waals surface area (Å²) < 4.78 is 23.0. The van der Waals surface area contributed by atoms with Crippen molar-refractivity contribution >= 4 is 27.5 Å². The minimum Gasteiger partial charge on any atom is -0.357 e. The van der Waals surface area contributed by atoms with Crippen LogP contribution in [0.2, 0.25) is 0 Å². The molecule has 0 aromatic heterocycles. The van der Waals surface area contributed by atoms with Gasteiger partial charge in [-0.3, -0.25) is 19.7 Å². The highest BCUT2D eigenvalue weighted by atomic mass is 32.2. The zero-order valence-electron chi connectivity index (χ0n) is 16.8. The number of hydrogen-bond acceptors (Lipinski definition) is 6. The molecule has 0 spiro atoms. The summed E-state index contributed by atoms with van der Waals surface area (Å²) in [6.07, 6.45) is 0.534. The zero-order valence-corrected chi connectivity index (χ0v) is 17.6. The monoisotopic (exact) mass is 446 g/mol. The van der Waals surface area contributed by atoms with Crippen LogP contribution >= 0.6 is 0 Å². The number of nitro groups is 1. The van der Waals surface area contributed by atoms with E-state index in [0.29, 0.717) is 11.1 Å². The number of sulfonamides is 1. The van der Waals surface area contributed by atoms with Gasteiger partial charge >= 0.3 is 0 Å². The first kappa shape index (κ1) is 22.4. The van der Waals surface area contributed by atoms with E-state index in [1.54, 1.807) is 18.2 Å². The molecule has 0 aliphatic carbocycles. The number of carbonyl (C=O) groups is 2. The van der Waals surface area contributed by atoms with Gasteiger partial charge in [0.25, 0.3) is 5.69 Å². The molecule has 2 aromatic carbocycles. The lowest BCUT2D eigenvalue weighted by molar-refractivity contribution is -0.385. The molecule has 1 aliphatic rings. The maximum absolute atomic E-state index is 13.0. The number of amides is 2. The van der Waals surface area contributed by atoms with Crippen molar-refractivity contribution in [2.24, 2.45) is 5.14 Å². The Kier molecular flexibility index (Phi) is 6.37. The molecule has 10 nitrogen and oxygen atoms in total. The molecule has 1 heterocycles. The standard InChI is InChI=1S/C20H22N4O6S/c1-22-20(26)18-11-14-6-7-16(24(27)28)10-15(14)12-23(18)19(25)8-5-13-3-2-4-17(9-13)31(21,29)30/h2-4,6-7,9-10,18H,5,8,11-12H2,1H3,(H,22,26)(H2,21,29,30)/t18-/m1/s1. The fourth-order valence-electron chi connectivity index (χ4n) is 3.62. The van der Waals surface area contributed by atoms with Crippen molar-refractivity contribution in [2.75, 3.05) is 7.05 Å². The molecular weight excluding hydrogens is 424 g/mol. The first-order chi connectivity index (χ1) is 14.6. The number of aryl methyl sites for hydroxylation is 1. The number of benzene rings is 2. The van der Waals surface area contributed by atoms with Crippen molar-refractivity contribution in [3.8, 4) is 0 Å². The number of hydrogen-bond donors (Lipinski definition) is 2. The van der Waals surface area contributed by atoms with Crippen LogP contribution in [0.4, 0.5) is 5.69 Å². The van der Waals surface area contributed by atoms with Crippen molar-refractivity contribution in [3.63, 3.8) is 0 Å². The quantitative estimate of drug-likeness (QED) is 0.496. The summed E-state index contributed by atoms with van der Waals surface area (Å²) in [5.74, 6) is -0.639. The number of nitrogens with zero attached hydrogens (tertiary/aromatic N) is 2. The van der Waals surface area contributed by atoms with E-state index in [1.165, 1.54) is 36.2 Å². The Morgan fingerprint density at radius 2 is 1.97 bits per heavy atom. The maximum Gasteiger partial charge on any atom is 0.269 e. The molecular formula is C20H22N4O6S. The smallest absolute Gasteiger partial charge is 0.269 e. The first-order valence-corrected chi connectivity index (χ1v) is 11.0. The largest absolute Gasteiger partial charge is 0.357 e. The lowest BCUT2D eigenvalue weighted by Gasteiger charge is -2.35. The molecule has 3 rings (SSSR count). The van der Waals surface area contributed by atoms with E-state index in [2.05, 4.69) is 5.32 Å². The van der Waals surface area contributed by atoms with Crippen LogP contribution < -0.4 is 10.5 Å². The minimum atomic E-state index is -3.86. The number of nitrogens with one attached hydrogen (secondary N) is 1. The molecule has 3 N–H and O–H groups in total. The second kappa shape index (κ2) is 8.82. The fraction of sp³-hybridized carbons (Fsp3) is 0.300. The van der Waals surface area contributed by atoms with Crippen LogP contribution in [0.3, 0.4) is 0 Å². The van der Waals surface area contributed by atoms with Gasteiger partial charge in [-0.25, -0.2) is 13.6 Å². The number of likely N-dealkylation sites (N-methyl/N-ethyl adjacent to an activating group) is 1. The number of rotatable bonds is 6. The molecule has 1 aliphatic heterocycles. The Balaban J connectivity index is 1.81. The summed E-state index contributed by atoms with van der Waals surface area (Å²) in [6.45, 7) is 0.0746. The van der Waals surface area contributed by atoms with Crippen LogP contribution in [0.1, 0.15) is 23.1 Å². The van der Waals surface area contributed by atoms with Gasteiger partial charge in [-0.1, -0.05) is 18.2 Å². The summed E-state index contributed by atoms with van der Waals surface area (Å²) in [6, 6.07) is 9.70.